The van der Waals surface area contributed by atoms with E-state index in [9.17, 15) is 9.59 Å². The zero-order chi connectivity index (χ0) is 14.0. The maximum atomic E-state index is 11.7. The number of rotatable bonds is 4. The van der Waals surface area contributed by atoms with Crippen molar-refractivity contribution in [3.05, 3.63) is 22.5 Å². The van der Waals surface area contributed by atoms with Crippen LogP contribution in [0.3, 0.4) is 0 Å². The summed E-state index contributed by atoms with van der Waals surface area (Å²) in [4.78, 5) is 22.6. The first-order valence-electron chi connectivity index (χ1n) is 5.52. The van der Waals surface area contributed by atoms with Crippen molar-refractivity contribution >= 4 is 11.9 Å². The van der Waals surface area contributed by atoms with E-state index >= 15 is 0 Å². The molecule has 0 aliphatic heterocycles. The minimum atomic E-state index is -1.09. The Balaban J connectivity index is 3.29. The van der Waals surface area contributed by atoms with Gasteiger partial charge in [0.2, 0.25) is 0 Å². The van der Waals surface area contributed by atoms with E-state index in [4.69, 9.17) is 15.6 Å². The Labute approximate surface area is 105 Å². The number of hydrogen-bond donors (Lipinski definition) is 2. The molecule has 0 bridgehead atoms. The van der Waals surface area contributed by atoms with Crippen LogP contribution in [0.25, 0.3) is 0 Å². The second kappa shape index (κ2) is 5.22. The molecular weight excluding hydrogens is 236 g/mol. The molecule has 6 heteroatoms. The number of aliphatic carboxylic acids is 1. The van der Waals surface area contributed by atoms with Crippen LogP contribution in [0.5, 0.6) is 0 Å². The number of methoxy groups -OCH3 is 1. The third-order valence-electron chi connectivity index (χ3n) is 3.24. The predicted octanol–water partition coefficient (Wildman–Crippen LogP) is 0.383. The Kier molecular flexibility index (Phi) is 4.13. The molecule has 0 radical (unpaired) electrons. The first-order chi connectivity index (χ1) is 8.31. The van der Waals surface area contributed by atoms with Crippen LogP contribution < -0.4 is 5.73 Å². The van der Waals surface area contributed by atoms with Gasteiger partial charge in [-0.25, -0.2) is 4.79 Å². The van der Waals surface area contributed by atoms with Crippen LogP contribution in [-0.4, -0.2) is 34.8 Å². The number of nitrogens with two attached hydrogens (primary N) is 1. The van der Waals surface area contributed by atoms with Gasteiger partial charge in [0.1, 0.15) is 6.04 Å². The molecule has 1 heterocycles. The van der Waals surface area contributed by atoms with Crippen LogP contribution >= 0.6 is 0 Å². The summed E-state index contributed by atoms with van der Waals surface area (Å²) in [6.45, 7) is 3.61. The van der Waals surface area contributed by atoms with Gasteiger partial charge < -0.3 is 20.1 Å². The Morgan fingerprint density at radius 1 is 1.39 bits per heavy atom. The molecule has 0 saturated heterocycles. The highest BCUT2D eigenvalue weighted by molar-refractivity contribution is 5.93. The van der Waals surface area contributed by atoms with E-state index < -0.39 is 18.0 Å². The number of carboxylic acid groups (broad SMARTS) is 1. The first-order valence-corrected chi connectivity index (χ1v) is 5.52. The number of carboxylic acids is 1. The molecule has 100 valence electrons. The van der Waals surface area contributed by atoms with Crippen molar-refractivity contribution in [3.8, 4) is 0 Å². The first kappa shape index (κ1) is 14.2. The average molecular weight is 254 g/mol. The molecule has 0 aliphatic carbocycles. The minimum absolute atomic E-state index is 0.104. The van der Waals surface area contributed by atoms with Crippen LogP contribution in [-0.2, 0) is 23.0 Å². The summed E-state index contributed by atoms with van der Waals surface area (Å²) in [5.41, 5.74) is 8.14. The van der Waals surface area contributed by atoms with Gasteiger partial charge >= 0.3 is 11.9 Å². The maximum Gasteiger partial charge on any atom is 0.339 e. The van der Waals surface area contributed by atoms with Gasteiger partial charge in [-0.1, -0.05) is 0 Å². The van der Waals surface area contributed by atoms with Crippen LogP contribution in [0.2, 0.25) is 0 Å². The quantitative estimate of drug-likeness (QED) is 0.758. The second-order valence-corrected chi connectivity index (χ2v) is 4.22. The fourth-order valence-corrected chi connectivity index (χ4v) is 1.95. The second-order valence-electron chi connectivity index (χ2n) is 4.22. The lowest BCUT2D eigenvalue weighted by molar-refractivity contribution is -0.138. The number of hydrogen-bond acceptors (Lipinski definition) is 4. The molecule has 18 heavy (non-hydrogen) atoms. The largest absolute Gasteiger partial charge is 0.480 e. The molecule has 0 fully saturated rings. The lowest BCUT2D eigenvalue weighted by atomic mass is 10.0. The van der Waals surface area contributed by atoms with Gasteiger partial charge in [-0.2, -0.15) is 0 Å². The van der Waals surface area contributed by atoms with Crippen molar-refractivity contribution in [2.24, 2.45) is 12.8 Å². The van der Waals surface area contributed by atoms with Crippen LogP contribution in [0, 0.1) is 13.8 Å². The molecule has 6 nitrogen and oxygen atoms in total. The van der Waals surface area contributed by atoms with Crippen molar-refractivity contribution in [1.29, 1.82) is 0 Å². The van der Waals surface area contributed by atoms with E-state index in [2.05, 4.69) is 0 Å². The van der Waals surface area contributed by atoms with Gasteiger partial charge in [-0.3, -0.25) is 4.79 Å². The van der Waals surface area contributed by atoms with Crippen LogP contribution in [0.4, 0.5) is 0 Å². The predicted molar refractivity (Wildman–Crippen MR) is 65.5 cm³/mol. The summed E-state index contributed by atoms with van der Waals surface area (Å²) in [6.07, 6.45) is 0.104. The summed E-state index contributed by atoms with van der Waals surface area (Å²) in [5.74, 6) is -1.56. The fraction of sp³-hybridized carbons (Fsp3) is 0.500. The summed E-state index contributed by atoms with van der Waals surface area (Å²) < 4.78 is 6.56. The number of nitrogens with zero attached hydrogens (tertiary/aromatic N) is 1. The Morgan fingerprint density at radius 2 is 1.94 bits per heavy atom. The van der Waals surface area contributed by atoms with Crippen LogP contribution in [0.15, 0.2) is 0 Å². The van der Waals surface area contributed by atoms with Crippen LogP contribution in [0.1, 0.15) is 27.3 Å². The van der Waals surface area contributed by atoms with E-state index in [1.165, 1.54) is 7.11 Å². The molecule has 3 N–H and O–H groups in total. The zero-order valence-corrected chi connectivity index (χ0v) is 11.0. The molecule has 0 amide bonds. The number of ether oxygens (including phenoxy) is 1. The molecule has 1 aromatic rings. The van der Waals surface area contributed by atoms with Gasteiger partial charge in [-0.15, -0.1) is 0 Å². The molecule has 1 atom stereocenters. The summed E-state index contributed by atoms with van der Waals surface area (Å²) >= 11 is 0. The maximum absolute atomic E-state index is 11.7. The van der Waals surface area contributed by atoms with E-state index in [1.807, 2.05) is 18.5 Å². The Morgan fingerprint density at radius 3 is 2.39 bits per heavy atom. The standard InChI is InChI=1S/C12H18N2O4/c1-6-8(5-9(13)11(15)16)10(12(17)18-4)7(2)14(6)3/h9H,5,13H2,1-4H3,(H,15,16). The SMILES string of the molecule is COC(=O)c1c(CC(N)C(=O)O)c(C)n(C)c1C. The monoisotopic (exact) mass is 254 g/mol. The van der Waals surface area contributed by atoms with Gasteiger partial charge in [0.15, 0.2) is 0 Å². The van der Waals surface area contributed by atoms with Crippen molar-refractivity contribution < 1.29 is 19.4 Å². The molecular formula is C12H18N2O4. The van der Waals surface area contributed by atoms with Crippen molar-refractivity contribution in [3.63, 3.8) is 0 Å². The highest BCUT2D eigenvalue weighted by Crippen LogP contribution is 2.23. The van der Waals surface area contributed by atoms with Crippen molar-refractivity contribution in [1.82, 2.24) is 4.57 Å². The van der Waals surface area contributed by atoms with E-state index in [0.717, 1.165) is 11.4 Å². The van der Waals surface area contributed by atoms with E-state index in [-0.39, 0.29) is 6.42 Å². The topological polar surface area (TPSA) is 94.6 Å². The normalized spacial score (nSPS) is 12.3. The van der Waals surface area contributed by atoms with Gasteiger partial charge in [0.25, 0.3) is 0 Å². The average Bonchev–Trinajstić information content (AvgIpc) is 2.53. The molecule has 0 aliphatic rings. The molecule has 1 rings (SSSR count). The molecule has 0 aromatic carbocycles. The summed E-state index contributed by atoms with van der Waals surface area (Å²) in [5, 5.41) is 8.85. The lowest BCUT2D eigenvalue weighted by Crippen LogP contribution is -2.33. The Hall–Kier alpha value is -1.82. The molecule has 1 unspecified atom stereocenters. The zero-order valence-electron chi connectivity index (χ0n) is 11.0. The van der Waals surface area contributed by atoms with Gasteiger partial charge in [-0.05, 0) is 19.4 Å². The van der Waals surface area contributed by atoms with Crippen molar-refractivity contribution in [2.75, 3.05) is 7.11 Å². The highest BCUT2D eigenvalue weighted by Gasteiger charge is 2.25. The molecule has 0 saturated carbocycles. The Bertz CT molecular complexity index is 491. The lowest BCUT2D eigenvalue weighted by Gasteiger charge is -2.08. The summed E-state index contributed by atoms with van der Waals surface area (Å²) in [7, 11) is 3.11. The van der Waals surface area contributed by atoms with Crippen molar-refractivity contribution in [2.45, 2.75) is 26.3 Å². The van der Waals surface area contributed by atoms with E-state index in [0.29, 0.717) is 11.1 Å². The number of carbonyl (C=O) groups is 2. The number of carbonyl (C=O) groups excluding carboxylic acids is 1. The van der Waals surface area contributed by atoms with Gasteiger partial charge in [0, 0.05) is 24.9 Å². The highest BCUT2D eigenvalue weighted by atomic mass is 16.5. The third-order valence-corrected chi connectivity index (χ3v) is 3.24. The third kappa shape index (κ3) is 2.38. The number of aromatic nitrogens is 1. The fourth-order valence-electron chi connectivity index (χ4n) is 1.95. The summed E-state index contributed by atoms with van der Waals surface area (Å²) in [6, 6.07) is -1.03. The van der Waals surface area contributed by atoms with E-state index in [1.54, 1.807) is 6.92 Å². The smallest absolute Gasteiger partial charge is 0.339 e. The molecule has 0 spiro atoms. The number of esters is 1. The molecule has 1 aromatic heterocycles. The van der Waals surface area contributed by atoms with Gasteiger partial charge in [0.05, 0.1) is 12.7 Å². The minimum Gasteiger partial charge on any atom is -0.480 e.